The first kappa shape index (κ1) is 16.3. The van der Waals surface area contributed by atoms with E-state index in [4.69, 9.17) is 5.73 Å². The summed E-state index contributed by atoms with van der Waals surface area (Å²) < 4.78 is 26.8. The van der Waals surface area contributed by atoms with Gasteiger partial charge in [0.15, 0.2) is 0 Å². The van der Waals surface area contributed by atoms with Gasteiger partial charge < -0.3 is 10.8 Å². The standard InChI is InChI=1S/C15H24N2O3S/c16-14-8-4-3-7-13(14)11-21(19,20)17-12-15(18)9-5-1-2-6-10-15/h3-4,7-8,17-18H,1-2,5-6,9-12,16H2. The maximum Gasteiger partial charge on any atom is 0.215 e. The molecule has 1 aromatic carbocycles. The van der Waals surface area contributed by atoms with E-state index in [9.17, 15) is 13.5 Å². The van der Waals surface area contributed by atoms with Gasteiger partial charge in [-0.25, -0.2) is 13.1 Å². The Hall–Kier alpha value is -1.11. The summed E-state index contributed by atoms with van der Waals surface area (Å²) in [5, 5.41) is 10.5. The van der Waals surface area contributed by atoms with Crippen LogP contribution < -0.4 is 10.5 Å². The molecule has 0 aliphatic heterocycles. The highest BCUT2D eigenvalue weighted by Crippen LogP contribution is 2.26. The summed E-state index contributed by atoms with van der Waals surface area (Å²) in [5.74, 6) is -0.157. The Morgan fingerprint density at radius 3 is 2.38 bits per heavy atom. The second-order valence-corrected chi connectivity index (χ2v) is 7.72. The molecular weight excluding hydrogens is 288 g/mol. The molecule has 0 heterocycles. The number of nitrogens with one attached hydrogen (secondary N) is 1. The Balaban J connectivity index is 1.96. The van der Waals surface area contributed by atoms with Gasteiger partial charge in [0.25, 0.3) is 0 Å². The number of hydrogen-bond donors (Lipinski definition) is 3. The van der Waals surface area contributed by atoms with Gasteiger partial charge >= 0.3 is 0 Å². The average Bonchev–Trinajstić information content (AvgIpc) is 2.65. The van der Waals surface area contributed by atoms with E-state index in [1.54, 1.807) is 24.3 Å². The molecule has 5 nitrogen and oxygen atoms in total. The molecule has 0 radical (unpaired) electrons. The van der Waals surface area contributed by atoms with Crippen molar-refractivity contribution in [2.75, 3.05) is 12.3 Å². The summed E-state index contributed by atoms with van der Waals surface area (Å²) in [6, 6.07) is 6.92. The molecule has 0 amide bonds. The van der Waals surface area contributed by atoms with E-state index in [-0.39, 0.29) is 12.3 Å². The SMILES string of the molecule is Nc1ccccc1CS(=O)(=O)NCC1(O)CCCCCC1. The number of benzene rings is 1. The normalized spacial score (nSPS) is 19.1. The first-order valence-electron chi connectivity index (χ1n) is 7.43. The molecule has 1 aliphatic carbocycles. The van der Waals surface area contributed by atoms with Crippen LogP contribution in [0.3, 0.4) is 0 Å². The molecule has 0 atom stereocenters. The Kier molecular flexibility index (Phi) is 5.24. The second-order valence-electron chi connectivity index (χ2n) is 5.92. The van der Waals surface area contributed by atoms with Gasteiger partial charge in [0.1, 0.15) is 0 Å². The van der Waals surface area contributed by atoms with Crippen LogP contribution in [0.1, 0.15) is 44.1 Å². The van der Waals surface area contributed by atoms with Crippen molar-refractivity contribution in [1.29, 1.82) is 0 Å². The first-order valence-corrected chi connectivity index (χ1v) is 9.09. The summed E-state index contributed by atoms with van der Waals surface area (Å²) in [4.78, 5) is 0. The highest BCUT2D eigenvalue weighted by atomic mass is 32.2. The zero-order valence-corrected chi connectivity index (χ0v) is 13.0. The van der Waals surface area contributed by atoms with E-state index in [1.807, 2.05) is 0 Å². The lowest BCUT2D eigenvalue weighted by molar-refractivity contribution is 0.0303. The topological polar surface area (TPSA) is 92.4 Å². The molecule has 0 bridgehead atoms. The maximum atomic E-state index is 12.1. The van der Waals surface area contributed by atoms with E-state index < -0.39 is 15.6 Å². The second kappa shape index (κ2) is 6.77. The summed E-state index contributed by atoms with van der Waals surface area (Å²) in [6.45, 7) is 0.0854. The minimum atomic E-state index is -3.50. The van der Waals surface area contributed by atoms with Crippen molar-refractivity contribution < 1.29 is 13.5 Å². The van der Waals surface area contributed by atoms with E-state index in [2.05, 4.69) is 4.72 Å². The predicted molar refractivity (Wildman–Crippen MR) is 84.1 cm³/mol. The van der Waals surface area contributed by atoms with Crippen LogP contribution in [0.15, 0.2) is 24.3 Å². The first-order chi connectivity index (χ1) is 9.90. The molecule has 2 rings (SSSR count). The lowest BCUT2D eigenvalue weighted by atomic mass is 9.95. The third-order valence-corrected chi connectivity index (χ3v) is 5.33. The number of hydrogen-bond acceptors (Lipinski definition) is 4. The van der Waals surface area contributed by atoms with Crippen LogP contribution in [-0.4, -0.2) is 25.7 Å². The van der Waals surface area contributed by atoms with E-state index in [0.717, 1.165) is 25.7 Å². The summed E-state index contributed by atoms with van der Waals surface area (Å²) in [5.41, 5.74) is 5.91. The third-order valence-electron chi connectivity index (χ3n) is 4.06. The molecule has 1 aliphatic rings. The van der Waals surface area contributed by atoms with Crippen LogP contribution in [0.25, 0.3) is 0 Å². The van der Waals surface area contributed by atoms with Gasteiger partial charge in [-0.15, -0.1) is 0 Å². The molecule has 0 unspecified atom stereocenters. The molecule has 1 saturated carbocycles. The lowest BCUT2D eigenvalue weighted by Crippen LogP contribution is -2.42. The van der Waals surface area contributed by atoms with Gasteiger partial charge in [-0.05, 0) is 24.5 Å². The molecule has 6 heteroatoms. The van der Waals surface area contributed by atoms with Crippen molar-refractivity contribution in [3.8, 4) is 0 Å². The number of sulfonamides is 1. The molecule has 1 aromatic rings. The minimum absolute atomic E-state index is 0.0854. The third kappa shape index (κ3) is 4.98. The van der Waals surface area contributed by atoms with E-state index in [0.29, 0.717) is 24.1 Å². The molecule has 0 spiro atoms. The minimum Gasteiger partial charge on any atom is -0.398 e. The number of aliphatic hydroxyl groups is 1. The van der Waals surface area contributed by atoms with Crippen LogP contribution in [-0.2, 0) is 15.8 Å². The smallest absolute Gasteiger partial charge is 0.215 e. The van der Waals surface area contributed by atoms with Gasteiger partial charge in [0, 0.05) is 12.2 Å². The van der Waals surface area contributed by atoms with Crippen LogP contribution >= 0.6 is 0 Å². The van der Waals surface area contributed by atoms with Crippen molar-refractivity contribution in [2.45, 2.75) is 49.9 Å². The predicted octanol–water partition coefficient (Wildman–Crippen LogP) is 1.77. The van der Waals surface area contributed by atoms with Gasteiger partial charge in [0.2, 0.25) is 10.0 Å². The quantitative estimate of drug-likeness (QED) is 0.571. The number of nitrogens with two attached hydrogens (primary N) is 1. The Labute approximate surface area is 126 Å². The number of nitrogen functional groups attached to an aromatic ring is 1. The maximum absolute atomic E-state index is 12.1. The zero-order chi connectivity index (χ0) is 15.3. The summed E-state index contributed by atoms with van der Waals surface area (Å²) >= 11 is 0. The largest absolute Gasteiger partial charge is 0.398 e. The van der Waals surface area contributed by atoms with Crippen LogP contribution in [0, 0.1) is 0 Å². The Bertz CT molecular complexity index is 564. The number of rotatable bonds is 5. The highest BCUT2D eigenvalue weighted by molar-refractivity contribution is 7.88. The fourth-order valence-corrected chi connectivity index (χ4v) is 3.99. The average molecular weight is 312 g/mol. The van der Waals surface area contributed by atoms with E-state index >= 15 is 0 Å². The highest BCUT2D eigenvalue weighted by Gasteiger charge is 2.29. The lowest BCUT2D eigenvalue weighted by Gasteiger charge is -2.26. The fraction of sp³-hybridized carbons (Fsp3) is 0.600. The summed E-state index contributed by atoms with van der Waals surface area (Å²) in [7, 11) is -3.50. The molecule has 0 saturated heterocycles. The fourth-order valence-electron chi connectivity index (χ4n) is 2.73. The Morgan fingerprint density at radius 2 is 1.76 bits per heavy atom. The number of anilines is 1. The molecule has 1 fully saturated rings. The van der Waals surface area contributed by atoms with Crippen molar-refractivity contribution in [3.63, 3.8) is 0 Å². The van der Waals surface area contributed by atoms with Gasteiger partial charge in [-0.1, -0.05) is 43.9 Å². The Morgan fingerprint density at radius 1 is 1.14 bits per heavy atom. The molecule has 21 heavy (non-hydrogen) atoms. The number of para-hydroxylation sites is 1. The van der Waals surface area contributed by atoms with Crippen LogP contribution in [0.2, 0.25) is 0 Å². The van der Waals surface area contributed by atoms with Crippen molar-refractivity contribution in [1.82, 2.24) is 4.72 Å². The van der Waals surface area contributed by atoms with Crippen LogP contribution in [0.5, 0.6) is 0 Å². The monoisotopic (exact) mass is 312 g/mol. The molecular formula is C15H24N2O3S. The molecule has 0 aromatic heterocycles. The van der Waals surface area contributed by atoms with E-state index in [1.165, 1.54) is 0 Å². The van der Waals surface area contributed by atoms with Gasteiger partial charge in [0.05, 0.1) is 11.4 Å². The van der Waals surface area contributed by atoms with Crippen molar-refractivity contribution >= 4 is 15.7 Å². The molecule has 4 N–H and O–H groups in total. The van der Waals surface area contributed by atoms with Gasteiger partial charge in [-0.2, -0.15) is 0 Å². The zero-order valence-electron chi connectivity index (χ0n) is 12.2. The van der Waals surface area contributed by atoms with Crippen molar-refractivity contribution in [2.24, 2.45) is 0 Å². The van der Waals surface area contributed by atoms with Crippen LogP contribution in [0.4, 0.5) is 5.69 Å². The molecule has 118 valence electrons. The van der Waals surface area contributed by atoms with Crippen molar-refractivity contribution in [3.05, 3.63) is 29.8 Å². The van der Waals surface area contributed by atoms with Gasteiger partial charge in [-0.3, -0.25) is 0 Å². The summed E-state index contributed by atoms with van der Waals surface area (Å²) in [6.07, 6.45) is 5.42.